The summed E-state index contributed by atoms with van der Waals surface area (Å²) in [6.45, 7) is 3.85. The third kappa shape index (κ3) is 4.89. The molecule has 0 unspecified atom stereocenters. The zero-order chi connectivity index (χ0) is 19.2. The van der Waals surface area contributed by atoms with Crippen molar-refractivity contribution in [3.63, 3.8) is 0 Å². The molecule has 0 saturated heterocycles. The molecule has 3 aromatic rings. The molecule has 0 aliphatic carbocycles. The number of aromatic nitrogens is 3. The Kier molecular flexibility index (Phi) is 6.13. The average Bonchev–Trinajstić information content (AvgIpc) is 3.28. The molecule has 7 nitrogen and oxygen atoms in total. The summed E-state index contributed by atoms with van der Waals surface area (Å²) in [4.78, 5) is 11.1. The Labute approximate surface area is 163 Å². The van der Waals surface area contributed by atoms with Gasteiger partial charge in [0.2, 0.25) is 11.7 Å². The first kappa shape index (κ1) is 19.0. The van der Waals surface area contributed by atoms with Gasteiger partial charge in [-0.15, -0.1) is 0 Å². The van der Waals surface area contributed by atoms with Crippen molar-refractivity contribution in [2.75, 3.05) is 13.6 Å². The predicted molar refractivity (Wildman–Crippen MR) is 106 cm³/mol. The van der Waals surface area contributed by atoms with Crippen LogP contribution < -0.4 is 5.32 Å². The van der Waals surface area contributed by atoms with Crippen LogP contribution in [0.3, 0.4) is 0 Å². The lowest BCUT2D eigenvalue weighted by Gasteiger charge is -2.22. The molecule has 0 radical (unpaired) electrons. The summed E-state index contributed by atoms with van der Waals surface area (Å²) in [6, 6.07) is 11.5. The smallest absolute Gasteiger partial charge is 0.248 e. The van der Waals surface area contributed by atoms with E-state index in [4.69, 9.17) is 16.1 Å². The van der Waals surface area contributed by atoms with Crippen molar-refractivity contribution in [1.29, 1.82) is 0 Å². The third-order valence-electron chi connectivity index (χ3n) is 4.06. The van der Waals surface area contributed by atoms with Gasteiger partial charge in [-0.25, -0.2) is 4.99 Å². The Bertz CT molecular complexity index is 916. The van der Waals surface area contributed by atoms with Gasteiger partial charge in [-0.3, -0.25) is 0 Å². The van der Waals surface area contributed by atoms with Gasteiger partial charge in [0.15, 0.2) is 5.96 Å². The van der Waals surface area contributed by atoms with E-state index in [0.29, 0.717) is 23.3 Å². The highest BCUT2D eigenvalue weighted by Gasteiger charge is 2.11. The third-order valence-corrected chi connectivity index (χ3v) is 4.30. The van der Waals surface area contributed by atoms with Crippen LogP contribution in [0, 0.1) is 0 Å². The van der Waals surface area contributed by atoms with E-state index < -0.39 is 0 Å². The Balaban J connectivity index is 1.70. The molecule has 1 N–H and O–H groups in total. The van der Waals surface area contributed by atoms with Crippen LogP contribution in [0.1, 0.15) is 18.5 Å². The summed E-state index contributed by atoms with van der Waals surface area (Å²) in [7, 11) is 4.03. The van der Waals surface area contributed by atoms with Gasteiger partial charge in [0, 0.05) is 43.1 Å². The summed E-state index contributed by atoms with van der Waals surface area (Å²) >= 11 is 6.02. The van der Waals surface area contributed by atoms with E-state index in [0.717, 1.165) is 24.6 Å². The Morgan fingerprint density at radius 3 is 2.89 bits per heavy atom. The van der Waals surface area contributed by atoms with Crippen molar-refractivity contribution in [3.8, 4) is 11.4 Å². The van der Waals surface area contributed by atoms with Gasteiger partial charge in [-0.05, 0) is 31.2 Å². The molecule has 0 atom stereocenters. The van der Waals surface area contributed by atoms with Crippen molar-refractivity contribution in [3.05, 3.63) is 59.2 Å². The monoisotopic (exact) mass is 386 g/mol. The average molecular weight is 387 g/mol. The fraction of sp³-hybridized carbons (Fsp3) is 0.316. The van der Waals surface area contributed by atoms with Gasteiger partial charge in [-0.2, -0.15) is 4.98 Å². The van der Waals surface area contributed by atoms with Crippen molar-refractivity contribution >= 4 is 17.6 Å². The Morgan fingerprint density at radius 2 is 2.19 bits per heavy atom. The molecule has 0 bridgehead atoms. The molecule has 0 amide bonds. The maximum absolute atomic E-state index is 6.02. The van der Waals surface area contributed by atoms with Crippen LogP contribution in [0.4, 0.5) is 0 Å². The highest BCUT2D eigenvalue weighted by molar-refractivity contribution is 6.30. The largest absolute Gasteiger partial charge is 0.357 e. The summed E-state index contributed by atoms with van der Waals surface area (Å²) < 4.78 is 7.42. The second kappa shape index (κ2) is 8.73. The van der Waals surface area contributed by atoms with Gasteiger partial charge < -0.3 is 19.3 Å². The standard InChI is InChI=1S/C19H23ClN6O/c1-4-21-19(26(3)13-16-9-6-10-25(16)2)22-12-17-23-18(24-27-17)14-7-5-8-15(20)11-14/h5-11H,4,12-13H2,1-3H3,(H,21,22). The number of rotatable bonds is 6. The van der Waals surface area contributed by atoms with E-state index in [1.807, 2.05) is 51.5 Å². The Morgan fingerprint density at radius 1 is 1.33 bits per heavy atom. The second-order valence-corrected chi connectivity index (χ2v) is 6.60. The molecule has 142 valence electrons. The molecule has 0 aliphatic rings. The quantitative estimate of drug-likeness (QED) is 0.519. The predicted octanol–water partition coefficient (Wildman–Crippen LogP) is 3.33. The fourth-order valence-electron chi connectivity index (χ4n) is 2.65. The fourth-order valence-corrected chi connectivity index (χ4v) is 2.85. The molecule has 2 heterocycles. The minimum atomic E-state index is 0.299. The summed E-state index contributed by atoms with van der Waals surface area (Å²) in [5.74, 6) is 1.73. The van der Waals surface area contributed by atoms with E-state index in [9.17, 15) is 0 Å². The van der Waals surface area contributed by atoms with E-state index in [1.165, 1.54) is 5.69 Å². The molecule has 3 rings (SSSR count). The SMILES string of the molecule is CCNC(=NCc1nc(-c2cccc(Cl)c2)no1)N(C)Cc1cccn1C. The maximum Gasteiger partial charge on any atom is 0.248 e. The minimum Gasteiger partial charge on any atom is -0.357 e. The van der Waals surface area contributed by atoms with Gasteiger partial charge in [0.05, 0.1) is 6.54 Å². The minimum absolute atomic E-state index is 0.299. The van der Waals surface area contributed by atoms with Gasteiger partial charge in [-0.1, -0.05) is 28.9 Å². The first-order valence-electron chi connectivity index (χ1n) is 8.75. The van der Waals surface area contributed by atoms with Crippen LogP contribution in [0.2, 0.25) is 5.02 Å². The number of hydrogen-bond acceptors (Lipinski definition) is 4. The van der Waals surface area contributed by atoms with Crippen LogP contribution in [0.5, 0.6) is 0 Å². The van der Waals surface area contributed by atoms with Gasteiger partial charge >= 0.3 is 0 Å². The number of hydrogen-bond donors (Lipinski definition) is 1. The number of benzene rings is 1. The van der Waals surface area contributed by atoms with Crippen LogP contribution >= 0.6 is 11.6 Å². The molecular weight excluding hydrogens is 364 g/mol. The number of nitrogens with one attached hydrogen (secondary N) is 1. The lowest BCUT2D eigenvalue weighted by atomic mass is 10.2. The van der Waals surface area contributed by atoms with Crippen molar-refractivity contribution in [2.45, 2.75) is 20.0 Å². The maximum atomic E-state index is 6.02. The lowest BCUT2D eigenvalue weighted by Crippen LogP contribution is -2.38. The van der Waals surface area contributed by atoms with Crippen LogP contribution in [0.25, 0.3) is 11.4 Å². The van der Waals surface area contributed by atoms with E-state index >= 15 is 0 Å². The first-order chi connectivity index (χ1) is 13.1. The van der Waals surface area contributed by atoms with Crippen molar-refractivity contribution in [2.24, 2.45) is 12.0 Å². The van der Waals surface area contributed by atoms with Crippen LogP contribution in [-0.4, -0.2) is 39.2 Å². The number of nitrogens with zero attached hydrogens (tertiary/aromatic N) is 5. The van der Waals surface area contributed by atoms with Crippen LogP contribution in [-0.2, 0) is 20.1 Å². The summed E-state index contributed by atoms with van der Waals surface area (Å²) in [6.07, 6.45) is 2.03. The first-order valence-corrected chi connectivity index (χ1v) is 9.12. The molecule has 27 heavy (non-hydrogen) atoms. The second-order valence-electron chi connectivity index (χ2n) is 6.16. The normalized spacial score (nSPS) is 11.6. The zero-order valence-electron chi connectivity index (χ0n) is 15.7. The van der Waals surface area contributed by atoms with E-state index in [1.54, 1.807) is 6.07 Å². The molecule has 0 saturated carbocycles. The molecule has 0 aliphatic heterocycles. The zero-order valence-corrected chi connectivity index (χ0v) is 16.4. The molecule has 0 fully saturated rings. The summed E-state index contributed by atoms with van der Waals surface area (Å²) in [5, 5.41) is 7.94. The highest BCUT2D eigenvalue weighted by Crippen LogP contribution is 2.20. The van der Waals surface area contributed by atoms with E-state index in [2.05, 4.69) is 36.0 Å². The molecule has 2 aromatic heterocycles. The lowest BCUT2D eigenvalue weighted by molar-refractivity contribution is 0.379. The van der Waals surface area contributed by atoms with Crippen molar-refractivity contribution < 1.29 is 4.52 Å². The number of aryl methyl sites for hydroxylation is 1. The number of aliphatic imine (C=N–C) groups is 1. The molecule has 0 spiro atoms. The van der Waals surface area contributed by atoms with Gasteiger partial charge in [0.25, 0.3) is 0 Å². The van der Waals surface area contributed by atoms with E-state index in [-0.39, 0.29) is 0 Å². The van der Waals surface area contributed by atoms with Crippen LogP contribution in [0.15, 0.2) is 52.1 Å². The topological polar surface area (TPSA) is 71.5 Å². The summed E-state index contributed by atoms with van der Waals surface area (Å²) in [5.41, 5.74) is 2.01. The Hall–Kier alpha value is -2.80. The molecule has 8 heteroatoms. The van der Waals surface area contributed by atoms with Gasteiger partial charge in [0.1, 0.15) is 6.54 Å². The number of halogens is 1. The number of guanidine groups is 1. The molecule has 1 aromatic carbocycles. The van der Waals surface area contributed by atoms with Crippen molar-refractivity contribution in [1.82, 2.24) is 24.9 Å². The molecular formula is C19H23ClN6O. The highest BCUT2D eigenvalue weighted by atomic mass is 35.5.